The fourth-order valence-electron chi connectivity index (χ4n) is 1.47. The monoisotopic (exact) mass is 246 g/mol. The van der Waals surface area contributed by atoms with Crippen molar-refractivity contribution in [3.63, 3.8) is 0 Å². The molecule has 0 radical (unpaired) electrons. The van der Waals surface area contributed by atoms with Crippen molar-refractivity contribution in [3.8, 4) is 11.5 Å². The molecule has 0 bridgehead atoms. The average Bonchev–Trinajstić information content (AvgIpc) is 2.38. The number of phenolic OH excluding ortho intramolecular Hbond substituents is 1. The molecule has 0 heterocycles. The lowest BCUT2D eigenvalue weighted by Crippen LogP contribution is -2.11. The zero-order valence-corrected chi connectivity index (χ0v) is 9.47. The van der Waals surface area contributed by atoms with Gasteiger partial charge in [-0.25, -0.2) is 4.39 Å². The molecule has 2 rings (SSSR count). The summed E-state index contributed by atoms with van der Waals surface area (Å²) in [5, 5.41) is 9.49. The third-order valence-electron chi connectivity index (χ3n) is 2.39. The molecule has 2 aromatic rings. The Hall–Kier alpha value is -2.36. The number of phenols is 1. The predicted octanol–water partition coefficient (Wildman–Crippen LogP) is 2.79. The van der Waals surface area contributed by atoms with E-state index in [9.17, 15) is 14.3 Å². The Labute approximate surface area is 103 Å². The van der Waals surface area contributed by atoms with Gasteiger partial charge in [0.2, 0.25) is 5.78 Å². The van der Waals surface area contributed by atoms with E-state index < -0.39 is 0 Å². The molecule has 92 valence electrons. The van der Waals surface area contributed by atoms with Gasteiger partial charge in [-0.1, -0.05) is 12.1 Å². The van der Waals surface area contributed by atoms with Crippen LogP contribution in [0.4, 0.5) is 4.39 Å². The number of Topliss-reactive ketones (excluding diaryl/α,β-unsaturated/α-hetero) is 1. The van der Waals surface area contributed by atoms with Crippen LogP contribution in [-0.2, 0) is 0 Å². The molecule has 0 aliphatic heterocycles. The van der Waals surface area contributed by atoms with Gasteiger partial charge in [-0.3, -0.25) is 4.79 Å². The van der Waals surface area contributed by atoms with Crippen LogP contribution in [0, 0.1) is 5.82 Å². The summed E-state index contributed by atoms with van der Waals surface area (Å²) >= 11 is 0. The molecule has 0 spiro atoms. The molecule has 0 fully saturated rings. The Kier molecular flexibility index (Phi) is 3.57. The lowest BCUT2D eigenvalue weighted by Gasteiger charge is -2.06. The first-order chi connectivity index (χ1) is 8.66. The molecule has 0 unspecified atom stereocenters. The first kappa shape index (κ1) is 12.1. The summed E-state index contributed by atoms with van der Waals surface area (Å²) in [7, 11) is 0. The molecule has 0 saturated heterocycles. The summed E-state index contributed by atoms with van der Waals surface area (Å²) in [6, 6.07) is 11.6. The minimum atomic E-state index is -0.366. The molecule has 0 amide bonds. The van der Waals surface area contributed by atoms with Crippen LogP contribution >= 0.6 is 0 Å². The first-order valence-electron chi connectivity index (χ1n) is 5.36. The second-order valence-electron chi connectivity index (χ2n) is 3.68. The van der Waals surface area contributed by atoms with Gasteiger partial charge in [0.25, 0.3) is 0 Å². The summed E-state index contributed by atoms with van der Waals surface area (Å²) in [5.41, 5.74) is 0.208. The fraction of sp³-hybridized carbons (Fsp3) is 0.0714. The van der Waals surface area contributed by atoms with Crippen molar-refractivity contribution in [3.05, 3.63) is 59.9 Å². The fourth-order valence-corrected chi connectivity index (χ4v) is 1.47. The van der Waals surface area contributed by atoms with Gasteiger partial charge < -0.3 is 9.84 Å². The van der Waals surface area contributed by atoms with Crippen LogP contribution in [0.25, 0.3) is 0 Å². The summed E-state index contributed by atoms with van der Waals surface area (Å²) in [6.07, 6.45) is 0. The number of hydrogen-bond acceptors (Lipinski definition) is 3. The highest BCUT2D eigenvalue weighted by Crippen LogP contribution is 2.17. The number of hydrogen-bond donors (Lipinski definition) is 1. The maximum Gasteiger partial charge on any atom is 0.203 e. The molecule has 0 aliphatic rings. The number of benzene rings is 2. The second kappa shape index (κ2) is 5.31. The van der Waals surface area contributed by atoms with Crippen LogP contribution in [0.5, 0.6) is 11.5 Å². The SMILES string of the molecule is O=C(COc1ccc(F)cc1)c1ccccc1O. The van der Waals surface area contributed by atoms with Crippen LogP contribution < -0.4 is 4.74 Å². The minimum absolute atomic E-state index is 0.0785. The van der Waals surface area contributed by atoms with Crippen molar-refractivity contribution in [2.24, 2.45) is 0 Å². The van der Waals surface area contributed by atoms with Gasteiger partial charge in [0.1, 0.15) is 17.3 Å². The van der Waals surface area contributed by atoms with Crippen molar-refractivity contribution < 1.29 is 19.0 Å². The Balaban J connectivity index is 2.01. The Morgan fingerprint density at radius 3 is 2.44 bits per heavy atom. The second-order valence-corrected chi connectivity index (χ2v) is 3.68. The Bertz CT molecular complexity index is 549. The van der Waals surface area contributed by atoms with E-state index in [2.05, 4.69) is 0 Å². The van der Waals surface area contributed by atoms with Gasteiger partial charge in [0, 0.05) is 0 Å². The highest BCUT2D eigenvalue weighted by Gasteiger charge is 2.10. The molecule has 2 aromatic carbocycles. The number of ketones is 1. The highest BCUT2D eigenvalue weighted by atomic mass is 19.1. The van der Waals surface area contributed by atoms with E-state index >= 15 is 0 Å². The summed E-state index contributed by atoms with van der Waals surface area (Å²) < 4.78 is 17.9. The third kappa shape index (κ3) is 2.85. The van der Waals surface area contributed by atoms with E-state index in [1.807, 2.05) is 0 Å². The largest absolute Gasteiger partial charge is 0.507 e. The number of ether oxygens (including phenoxy) is 1. The van der Waals surface area contributed by atoms with Crippen LogP contribution in [0.1, 0.15) is 10.4 Å². The molecule has 0 aliphatic carbocycles. The third-order valence-corrected chi connectivity index (χ3v) is 2.39. The normalized spacial score (nSPS) is 10.1. The van der Waals surface area contributed by atoms with Gasteiger partial charge >= 0.3 is 0 Å². The summed E-state index contributed by atoms with van der Waals surface area (Å²) in [4.78, 5) is 11.7. The summed E-state index contributed by atoms with van der Waals surface area (Å²) in [5.74, 6) is -0.378. The molecule has 0 saturated carbocycles. The van der Waals surface area contributed by atoms with E-state index in [-0.39, 0.29) is 29.5 Å². The highest BCUT2D eigenvalue weighted by molar-refractivity contribution is 5.99. The lowest BCUT2D eigenvalue weighted by molar-refractivity contribution is 0.0919. The summed E-state index contributed by atoms with van der Waals surface area (Å²) in [6.45, 7) is -0.205. The molecule has 3 nitrogen and oxygen atoms in total. The van der Waals surface area contributed by atoms with Crippen LogP contribution in [-0.4, -0.2) is 17.5 Å². The Morgan fingerprint density at radius 2 is 1.78 bits per heavy atom. The van der Waals surface area contributed by atoms with E-state index in [1.54, 1.807) is 12.1 Å². The van der Waals surface area contributed by atoms with Gasteiger partial charge in [0.15, 0.2) is 6.61 Å². The number of halogens is 1. The molecule has 4 heteroatoms. The number of aromatic hydroxyl groups is 1. The maximum atomic E-state index is 12.6. The first-order valence-corrected chi connectivity index (χ1v) is 5.36. The molecule has 0 atom stereocenters. The van der Waals surface area contributed by atoms with Gasteiger partial charge in [-0.2, -0.15) is 0 Å². The van der Waals surface area contributed by atoms with Gasteiger partial charge in [-0.15, -0.1) is 0 Å². The topological polar surface area (TPSA) is 46.5 Å². The number of carbonyl (C=O) groups excluding carboxylic acids is 1. The predicted molar refractivity (Wildman–Crippen MR) is 64.3 cm³/mol. The van der Waals surface area contributed by atoms with E-state index in [0.717, 1.165) is 0 Å². The number of carbonyl (C=O) groups is 1. The van der Waals surface area contributed by atoms with Crippen molar-refractivity contribution in [2.45, 2.75) is 0 Å². The molecular weight excluding hydrogens is 235 g/mol. The van der Waals surface area contributed by atoms with Crippen LogP contribution in [0.15, 0.2) is 48.5 Å². The zero-order valence-electron chi connectivity index (χ0n) is 9.47. The van der Waals surface area contributed by atoms with Crippen LogP contribution in [0.2, 0.25) is 0 Å². The van der Waals surface area contributed by atoms with Gasteiger partial charge in [0.05, 0.1) is 5.56 Å². The van der Waals surface area contributed by atoms with Crippen molar-refractivity contribution in [1.82, 2.24) is 0 Å². The maximum absolute atomic E-state index is 12.6. The molecule has 1 N–H and O–H groups in total. The quantitative estimate of drug-likeness (QED) is 0.844. The Morgan fingerprint density at radius 1 is 1.11 bits per heavy atom. The van der Waals surface area contributed by atoms with Crippen LogP contribution in [0.3, 0.4) is 0 Å². The van der Waals surface area contributed by atoms with Gasteiger partial charge in [-0.05, 0) is 36.4 Å². The number of rotatable bonds is 4. The van der Waals surface area contributed by atoms with Crippen molar-refractivity contribution in [1.29, 1.82) is 0 Å². The minimum Gasteiger partial charge on any atom is -0.507 e. The molecule has 18 heavy (non-hydrogen) atoms. The average molecular weight is 246 g/mol. The van der Waals surface area contributed by atoms with E-state index in [1.165, 1.54) is 36.4 Å². The van der Waals surface area contributed by atoms with Crippen molar-refractivity contribution in [2.75, 3.05) is 6.61 Å². The molecular formula is C14H11FO3. The zero-order chi connectivity index (χ0) is 13.0. The standard InChI is InChI=1S/C14H11FO3/c15-10-5-7-11(8-6-10)18-9-14(17)12-3-1-2-4-13(12)16/h1-8,16H,9H2. The van der Waals surface area contributed by atoms with E-state index in [4.69, 9.17) is 4.74 Å². The lowest BCUT2D eigenvalue weighted by atomic mass is 10.1. The smallest absolute Gasteiger partial charge is 0.203 e. The van der Waals surface area contributed by atoms with Crippen molar-refractivity contribution >= 4 is 5.78 Å². The molecule has 0 aromatic heterocycles. The number of para-hydroxylation sites is 1. The van der Waals surface area contributed by atoms with E-state index in [0.29, 0.717) is 5.75 Å².